The largest absolute Gasteiger partial charge is 0.313 e. The summed E-state index contributed by atoms with van der Waals surface area (Å²) in [6, 6.07) is 0.304. The number of hydroxylamine groups is 2. The van der Waals surface area contributed by atoms with Crippen LogP contribution in [0.15, 0.2) is 0 Å². The fourth-order valence-corrected chi connectivity index (χ4v) is 1.73. The van der Waals surface area contributed by atoms with Gasteiger partial charge in [-0.25, -0.2) is 0 Å². The smallest absolute Gasteiger partial charge is 0.0407 e. The fraction of sp³-hybridized carbons (Fsp3) is 1.00. The molecule has 2 nitrogen and oxygen atoms in total. The lowest BCUT2D eigenvalue weighted by molar-refractivity contribution is -0.218. The van der Waals surface area contributed by atoms with E-state index >= 15 is 0 Å². The fourth-order valence-electron chi connectivity index (χ4n) is 1.73. The Bertz CT molecular complexity index is 144. The second-order valence-corrected chi connectivity index (χ2v) is 4.41. The van der Waals surface area contributed by atoms with Crippen LogP contribution < -0.4 is 0 Å². The molecule has 0 aromatic rings. The third kappa shape index (κ3) is 1.57. The lowest BCUT2D eigenvalue weighted by atomic mass is 9.83. The highest BCUT2D eigenvalue weighted by Crippen LogP contribution is 2.32. The first-order chi connectivity index (χ1) is 4.95. The molecule has 0 bridgehead atoms. The molecule has 1 saturated heterocycles. The van der Waals surface area contributed by atoms with Gasteiger partial charge >= 0.3 is 0 Å². The van der Waals surface area contributed by atoms with Crippen molar-refractivity contribution in [2.75, 3.05) is 0 Å². The van der Waals surface area contributed by atoms with E-state index in [2.05, 4.69) is 27.7 Å². The van der Waals surface area contributed by atoms with Crippen LogP contribution in [0.4, 0.5) is 0 Å². The maximum Gasteiger partial charge on any atom is 0.0407 e. The Labute approximate surface area is 69.2 Å². The molecule has 0 amide bonds. The Kier molecular flexibility index (Phi) is 2.26. The molecule has 1 aliphatic heterocycles. The van der Waals surface area contributed by atoms with E-state index in [9.17, 15) is 5.21 Å². The molecule has 2 heteroatoms. The SMILES string of the molecule is CC1CCC(C)(C)N(O)C1C. The van der Waals surface area contributed by atoms with Crippen LogP contribution in [0, 0.1) is 5.92 Å². The van der Waals surface area contributed by atoms with Crippen LogP contribution in [0.1, 0.15) is 40.5 Å². The summed E-state index contributed by atoms with van der Waals surface area (Å²) in [7, 11) is 0. The molecule has 2 unspecified atom stereocenters. The summed E-state index contributed by atoms with van der Waals surface area (Å²) in [6.45, 7) is 8.47. The highest BCUT2D eigenvalue weighted by atomic mass is 16.5. The molecule has 0 aromatic carbocycles. The highest BCUT2D eigenvalue weighted by molar-refractivity contribution is 4.87. The van der Waals surface area contributed by atoms with Crippen molar-refractivity contribution in [3.05, 3.63) is 0 Å². The molecular formula is C9H19NO. The van der Waals surface area contributed by atoms with E-state index in [1.54, 1.807) is 0 Å². The third-order valence-electron chi connectivity index (χ3n) is 3.04. The van der Waals surface area contributed by atoms with Gasteiger partial charge in [-0.3, -0.25) is 0 Å². The minimum atomic E-state index is -0.0219. The van der Waals surface area contributed by atoms with Crippen molar-refractivity contribution in [1.29, 1.82) is 0 Å². The Morgan fingerprint density at radius 1 is 1.36 bits per heavy atom. The Balaban J connectivity index is 2.67. The Morgan fingerprint density at radius 3 is 2.36 bits per heavy atom. The van der Waals surface area contributed by atoms with Gasteiger partial charge in [-0.15, -0.1) is 0 Å². The topological polar surface area (TPSA) is 23.5 Å². The molecular weight excluding hydrogens is 138 g/mol. The molecule has 0 aliphatic carbocycles. The zero-order valence-electron chi connectivity index (χ0n) is 7.96. The molecule has 1 N–H and O–H groups in total. The van der Waals surface area contributed by atoms with Crippen LogP contribution in [0.5, 0.6) is 0 Å². The normalized spacial score (nSPS) is 39.0. The van der Waals surface area contributed by atoms with Gasteiger partial charge in [0.15, 0.2) is 0 Å². The molecule has 11 heavy (non-hydrogen) atoms. The van der Waals surface area contributed by atoms with Gasteiger partial charge in [-0.2, -0.15) is 5.06 Å². The van der Waals surface area contributed by atoms with Gasteiger partial charge in [-0.05, 0) is 39.5 Å². The predicted molar refractivity (Wildman–Crippen MR) is 45.6 cm³/mol. The van der Waals surface area contributed by atoms with Gasteiger partial charge in [0.2, 0.25) is 0 Å². The first kappa shape index (κ1) is 9.01. The van der Waals surface area contributed by atoms with E-state index in [4.69, 9.17) is 0 Å². The summed E-state index contributed by atoms with van der Waals surface area (Å²) in [5.41, 5.74) is -0.0219. The van der Waals surface area contributed by atoms with E-state index in [1.165, 1.54) is 11.5 Å². The average molecular weight is 157 g/mol. The molecule has 1 rings (SSSR count). The molecule has 0 radical (unpaired) electrons. The molecule has 66 valence electrons. The predicted octanol–water partition coefficient (Wildman–Crippen LogP) is 2.27. The number of rotatable bonds is 0. The standard InChI is InChI=1S/C9H19NO/c1-7-5-6-9(3,4)10(11)8(7)2/h7-8,11H,5-6H2,1-4H3. The van der Waals surface area contributed by atoms with E-state index < -0.39 is 0 Å². The van der Waals surface area contributed by atoms with Crippen molar-refractivity contribution in [3.63, 3.8) is 0 Å². The molecule has 1 heterocycles. The number of nitrogens with zero attached hydrogens (tertiary/aromatic N) is 1. The number of hydrogen-bond donors (Lipinski definition) is 1. The van der Waals surface area contributed by atoms with Crippen LogP contribution in [-0.4, -0.2) is 21.9 Å². The lowest BCUT2D eigenvalue weighted by Gasteiger charge is -2.45. The molecule has 1 aliphatic rings. The Morgan fingerprint density at radius 2 is 1.91 bits per heavy atom. The van der Waals surface area contributed by atoms with Crippen LogP contribution >= 0.6 is 0 Å². The van der Waals surface area contributed by atoms with Gasteiger partial charge in [0.25, 0.3) is 0 Å². The summed E-state index contributed by atoms with van der Waals surface area (Å²) in [5, 5.41) is 11.2. The molecule has 0 aromatic heterocycles. The molecule has 0 spiro atoms. The van der Waals surface area contributed by atoms with Crippen LogP contribution in [0.25, 0.3) is 0 Å². The summed E-state index contributed by atoms with van der Waals surface area (Å²) in [5.74, 6) is 0.619. The van der Waals surface area contributed by atoms with E-state index in [-0.39, 0.29) is 5.54 Å². The maximum absolute atomic E-state index is 9.71. The molecule has 0 saturated carbocycles. The zero-order chi connectivity index (χ0) is 8.65. The van der Waals surface area contributed by atoms with Gasteiger partial charge in [0.1, 0.15) is 0 Å². The van der Waals surface area contributed by atoms with Crippen LogP contribution in [0.2, 0.25) is 0 Å². The number of piperidine rings is 1. The monoisotopic (exact) mass is 157 g/mol. The van der Waals surface area contributed by atoms with Crippen molar-refractivity contribution >= 4 is 0 Å². The number of hydrogen-bond acceptors (Lipinski definition) is 2. The quantitative estimate of drug-likeness (QED) is 0.583. The lowest BCUT2D eigenvalue weighted by Crippen LogP contribution is -2.52. The average Bonchev–Trinajstić information content (AvgIpc) is 1.95. The molecule has 2 atom stereocenters. The maximum atomic E-state index is 9.71. The molecule has 1 fully saturated rings. The van der Waals surface area contributed by atoms with Crippen molar-refractivity contribution in [3.8, 4) is 0 Å². The van der Waals surface area contributed by atoms with Gasteiger partial charge in [-0.1, -0.05) is 6.92 Å². The van der Waals surface area contributed by atoms with Crippen molar-refractivity contribution in [1.82, 2.24) is 5.06 Å². The van der Waals surface area contributed by atoms with Crippen molar-refractivity contribution in [2.24, 2.45) is 5.92 Å². The van der Waals surface area contributed by atoms with Gasteiger partial charge < -0.3 is 5.21 Å². The Hall–Kier alpha value is -0.0800. The van der Waals surface area contributed by atoms with Gasteiger partial charge in [0, 0.05) is 11.6 Å². The van der Waals surface area contributed by atoms with Crippen LogP contribution in [0.3, 0.4) is 0 Å². The zero-order valence-corrected chi connectivity index (χ0v) is 7.96. The first-order valence-corrected chi connectivity index (χ1v) is 4.43. The second-order valence-electron chi connectivity index (χ2n) is 4.41. The van der Waals surface area contributed by atoms with Crippen LogP contribution in [-0.2, 0) is 0 Å². The summed E-state index contributed by atoms with van der Waals surface area (Å²) in [4.78, 5) is 0. The van der Waals surface area contributed by atoms with Gasteiger partial charge in [0.05, 0.1) is 0 Å². The summed E-state index contributed by atoms with van der Waals surface area (Å²) in [6.07, 6.45) is 2.32. The van der Waals surface area contributed by atoms with E-state index in [0.717, 1.165) is 6.42 Å². The minimum absolute atomic E-state index is 0.0219. The minimum Gasteiger partial charge on any atom is -0.313 e. The van der Waals surface area contributed by atoms with E-state index in [0.29, 0.717) is 12.0 Å². The first-order valence-electron chi connectivity index (χ1n) is 4.43. The highest BCUT2D eigenvalue weighted by Gasteiger charge is 2.36. The third-order valence-corrected chi connectivity index (χ3v) is 3.04. The second kappa shape index (κ2) is 2.76. The van der Waals surface area contributed by atoms with Crippen molar-refractivity contribution < 1.29 is 5.21 Å². The summed E-state index contributed by atoms with van der Waals surface area (Å²) < 4.78 is 0. The van der Waals surface area contributed by atoms with Crippen molar-refractivity contribution in [2.45, 2.75) is 52.1 Å². The summed E-state index contributed by atoms with van der Waals surface area (Å²) >= 11 is 0. The van der Waals surface area contributed by atoms with E-state index in [1.807, 2.05) is 0 Å².